The Kier molecular flexibility index (Phi) is 4.66. The molecule has 0 radical (unpaired) electrons. The van der Waals surface area contributed by atoms with E-state index in [4.69, 9.17) is 0 Å². The maximum Gasteiger partial charge on any atom is 0.220 e. The zero-order chi connectivity index (χ0) is 15.5. The first-order chi connectivity index (χ1) is 9.83. The van der Waals surface area contributed by atoms with Gasteiger partial charge >= 0.3 is 0 Å². The highest BCUT2D eigenvalue weighted by molar-refractivity contribution is 5.77. The van der Waals surface area contributed by atoms with Gasteiger partial charge < -0.3 is 10.3 Å². The topological polar surface area (TPSA) is 57.8 Å². The van der Waals surface area contributed by atoms with Gasteiger partial charge in [-0.1, -0.05) is 39.8 Å². The maximum atomic E-state index is 12.0. The summed E-state index contributed by atoms with van der Waals surface area (Å²) in [4.78, 5) is 19.6. The minimum Gasteiger partial charge on any atom is -0.349 e. The summed E-state index contributed by atoms with van der Waals surface area (Å²) >= 11 is 0. The number of nitrogens with one attached hydrogen (secondary N) is 2. The highest BCUT2D eigenvalue weighted by atomic mass is 16.1. The molecule has 4 nitrogen and oxygen atoms in total. The minimum absolute atomic E-state index is 0.0900. The SMILES string of the molecule is CC(CC(=O)NCc1nc2ccccc2[nH]1)CC(C)(C)C. The van der Waals surface area contributed by atoms with Crippen LogP contribution in [0.1, 0.15) is 46.4 Å². The van der Waals surface area contributed by atoms with Gasteiger partial charge in [-0.3, -0.25) is 4.79 Å². The third kappa shape index (κ3) is 4.88. The molecule has 0 aliphatic carbocycles. The Morgan fingerprint density at radius 2 is 2.05 bits per heavy atom. The van der Waals surface area contributed by atoms with Crippen LogP contribution < -0.4 is 5.32 Å². The quantitative estimate of drug-likeness (QED) is 0.882. The number of aromatic nitrogens is 2. The number of hydrogen-bond acceptors (Lipinski definition) is 2. The molecule has 0 fully saturated rings. The van der Waals surface area contributed by atoms with E-state index in [0.29, 0.717) is 18.9 Å². The first kappa shape index (κ1) is 15.5. The van der Waals surface area contributed by atoms with Gasteiger partial charge in [0.1, 0.15) is 5.82 Å². The van der Waals surface area contributed by atoms with Crippen molar-refractivity contribution < 1.29 is 4.79 Å². The molecule has 21 heavy (non-hydrogen) atoms. The van der Waals surface area contributed by atoms with E-state index in [1.807, 2.05) is 24.3 Å². The lowest BCUT2D eigenvalue weighted by molar-refractivity contribution is -0.122. The number of fused-ring (bicyclic) bond motifs is 1. The van der Waals surface area contributed by atoms with Crippen LogP contribution in [-0.2, 0) is 11.3 Å². The second kappa shape index (κ2) is 6.29. The zero-order valence-electron chi connectivity index (χ0n) is 13.4. The van der Waals surface area contributed by atoms with Crippen molar-refractivity contribution in [3.8, 4) is 0 Å². The average Bonchev–Trinajstić information content (AvgIpc) is 2.76. The molecule has 0 bridgehead atoms. The van der Waals surface area contributed by atoms with E-state index in [1.54, 1.807) is 0 Å². The molecule has 0 saturated carbocycles. The number of amides is 1. The molecule has 0 saturated heterocycles. The zero-order valence-corrected chi connectivity index (χ0v) is 13.4. The van der Waals surface area contributed by atoms with Gasteiger partial charge in [0.05, 0.1) is 17.6 Å². The molecular formula is C17H25N3O. The number of H-pyrrole nitrogens is 1. The lowest BCUT2D eigenvalue weighted by Gasteiger charge is -2.22. The summed E-state index contributed by atoms with van der Waals surface area (Å²) in [5, 5.41) is 2.94. The van der Waals surface area contributed by atoms with Crippen molar-refractivity contribution in [3.05, 3.63) is 30.1 Å². The molecule has 1 aromatic carbocycles. The summed E-state index contributed by atoms with van der Waals surface area (Å²) in [6.07, 6.45) is 1.61. The molecule has 1 atom stereocenters. The van der Waals surface area contributed by atoms with E-state index < -0.39 is 0 Å². The van der Waals surface area contributed by atoms with Crippen molar-refractivity contribution in [2.75, 3.05) is 0 Å². The number of aromatic amines is 1. The lowest BCUT2D eigenvalue weighted by Crippen LogP contribution is -2.26. The number of hydrogen-bond donors (Lipinski definition) is 2. The highest BCUT2D eigenvalue weighted by Crippen LogP contribution is 2.25. The maximum absolute atomic E-state index is 12.0. The fourth-order valence-electron chi connectivity index (χ4n) is 2.78. The minimum atomic E-state index is 0.0900. The molecule has 1 unspecified atom stereocenters. The van der Waals surface area contributed by atoms with Crippen molar-refractivity contribution in [2.24, 2.45) is 11.3 Å². The predicted octanol–water partition coefficient (Wildman–Crippen LogP) is 3.64. The normalized spacial score (nSPS) is 13.3. The number of nitrogens with zero attached hydrogens (tertiary/aromatic N) is 1. The van der Waals surface area contributed by atoms with Gasteiger partial charge in [0.25, 0.3) is 0 Å². The Labute approximate surface area is 126 Å². The molecule has 2 aromatic rings. The summed E-state index contributed by atoms with van der Waals surface area (Å²) in [7, 11) is 0. The van der Waals surface area contributed by atoms with Gasteiger partial charge in [-0.25, -0.2) is 4.98 Å². The molecule has 0 spiro atoms. The Balaban J connectivity index is 1.83. The van der Waals surface area contributed by atoms with Crippen molar-refractivity contribution >= 4 is 16.9 Å². The number of carbonyl (C=O) groups is 1. The first-order valence-corrected chi connectivity index (χ1v) is 7.54. The molecule has 4 heteroatoms. The van der Waals surface area contributed by atoms with E-state index in [-0.39, 0.29) is 11.3 Å². The molecular weight excluding hydrogens is 262 g/mol. The number of para-hydroxylation sites is 2. The average molecular weight is 287 g/mol. The van der Waals surface area contributed by atoms with Crippen LogP contribution >= 0.6 is 0 Å². The van der Waals surface area contributed by atoms with Crippen LogP contribution in [0, 0.1) is 11.3 Å². The van der Waals surface area contributed by atoms with Crippen molar-refractivity contribution in [1.82, 2.24) is 15.3 Å². The molecule has 2 rings (SSSR count). The second-order valence-corrected chi connectivity index (χ2v) is 7.05. The van der Waals surface area contributed by atoms with Gasteiger partial charge in [0, 0.05) is 6.42 Å². The van der Waals surface area contributed by atoms with Crippen LogP contribution in [0.5, 0.6) is 0 Å². The van der Waals surface area contributed by atoms with Gasteiger partial charge in [-0.05, 0) is 29.9 Å². The molecule has 1 aromatic heterocycles. The van der Waals surface area contributed by atoms with Crippen LogP contribution in [0.3, 0.4) is 0 Å². The van der Waals surface area contributed by atoms with E-state index in [2.05, 4.69) is 43.0 Å². The van der Waals surface area contributed by atoms with Crippen LogP contribution in [0.4, 0.5) is 0 Å². The smallest absolute Gasteiger partial charge is 0.220 e. The van der Waals surface area contributed by atoms with Gasteiger partial charge in [0.2, 0.25) is 5.91 Å². The summed E-state index contributed by atoms with van der Waals surface area (Å²) in [5.74, 6) is 1.28. The molecule has 1 amide bonds. The molecule has 114 valence electrons. The van der Waals surface area contributed by atoms with Crippen LogP contribution in [0.2, 0.25) is 0 Å². The van der Waals surface area contributed by atoms with Crippen LogP contribution in [0.25, 0.3) is 11.0 Å². The number of benzene rings is 1. The van der Waals surface area contributed by atoms with E-state index in [0.717, 1.165) is 23.3 Å². The van der Waals surface area contributed by atoms with Gasteiger partial charge in [-0.2, -0.15) is 0 Å². The summed E-state index contributed by atoms with van der Waals surface area (Å²) in [6.45, 7) is 9.20. The van der Waals surface area contributed by atoms with Crippen molar-refractivity contribution in [2.45, 2.75) is 47.1 Å². The standard InChI is InChI=1S/C17H25N3O/c1-12(10-17(2,3)4)9-16(21)18-11-15-19-13-7-5-6-8-14(13)20-15/h5-8,12H,9-11H2,1-4H3,(H,18,21)(H,19,20). The van der Waals surface area contributed by atoms with E-state index in [9.17, 15) is 4.79 Å². The largest absolute Gasteiger partial charge is 0.349 e. The van der Waals surface area contributed by atoms with E-state index in [1.165, 1.54) is 0 Å². The molecule has 1 heterocycles. The van der Waals surface area contributed by atoms with E-state index >= 15 is 0 Å². The monoisotopic (exact) mass is 287 g/mol. The molecule has 0 aliphatic rings. The summed E-state index contributed by atoms with van der Waals surface area (Å²) in [6, 6.07) is 7.87. The Hall–Kier alpha value is -1.84. The van der Waals surface area contributed by atoms with Crippen molar-refractivity contribution in [3.63, 3.8) is 0 Å². The number of rotatable bonds is 5. The fraction of sp³-hybridized carbons (Fsp3) is 0.529. The second-order valence-electron chi connectivity index (χ2n) is 7.05. The van der Waals surface area contributed by atoms with Gasteiger partial charge in [0.15, 0.2) is 0 Å². The van der Waals surface area contributed by atoms with Crippen LogP contribution in [-0.4, -0.2) is 15.9 Å². The van der Waals surface area contributed by atoms with Crippen molar-refractivity contribution in [1.29, 1.82) is 0 Å². The Bertz CT molecular complexity index is 577. The fourth-order valence-corrected chi connectivity index (χ4v) is 2.78. The third-order valence-corrected chi connectivity index (χ3v) is 3.39. The summed E-state index contributed by atoms with van der Waals surface area (Å²) < 4.78 is 0. The summed E-state index contributed by atoms with van der Waals surface area (Å²) in [5.41, 5.74) is 2.20. The van der Waals surface area contributed by atoms with Crippen LogP contribution in [0.15, 0.2) is 24.3 Å². The first-order valence-electron chi connectivity index (χ1n) is 7.54. The number of imidazole rings is 1. The third-order valence-electron chi connectivity index (χ3n) is 3.39. The predicted molar refractivity (Wildman–Crippen MR) is 85.8 cm³/mol. The number of carbonyl (C=O) groups excluding carboxylic acids is 1. The lowest BCUT2D eigenvalue weighted by atomic mass is 9.84. The Morgan fingerprint density at radius 1 is 1.33 bits per heavy atom. The Morgan fingerprint density at radius 3 is 2.71 bits per heavy atom. The van der Waals surface area contributed by atoms with Gasteiger partial charge in [-0.15, -0.1) is 0 Å². The molecule has 0 aliphatic heterocycles. The molecule has 2 N–H and O–H groups in total. The highest BCUT2D eigenvalue weighted by Gasteiger charge is 2.17.